The van der Waals surface area contributed by atoms with Gasteiger partial charge in [0.25, 0.3) is 0 Å². The first-order valence-electron chi connectivity index (χ1n) is 13.7. The second-order valence-electron chi connectivity index (χ2n) is 15.1. The fourth-order valence-corrected chi connectivity index (χ4v) is 9.45. The van der Waals surface area contributed by atoms with Crippen LogP contribution in [0.1, 0.15) is 113 Å². The molecule has 9 unspecified atom stereocenters. The van der Waals surface area contributed by atoms with Crippen LogP contribution >= 0.6 is 0 Å². The molecular weight excluding hydrogens is 424 g/mol. The van der Waals surface area contributed by atoms with Crippen molar-refractivity contribution in [3.8, 4) is 0 Å². The van der Waals surface area contributed by atoms with Crippen molar-refractivity contribution in [3.63, 3.8) is 0 Å². The van der Waals surface area contributed by atoms with Gasteiger partial charge in [0, 0.05) is 0 Å². The molecule has 0 amide bonds. The summed E-state index contributed by atoms with van der Waals surface area (Å²) in [4.78, 5) is 12.5. The monoisotopic (exact) mass is 474 g/mol. The number of carbonyl (C=O) groups is 1. The van der Waals surface area contributed by atoms with Crippen LogP contribution in [0.15, 0.2) is 11.6 Å². The third kappa shape index (κ3) is 3.48. The number of aliphatic hydroxyl groups excluding tert-OH is 2. The summed E-state index contributed by atoms with van der Waals surface area (Å²) < 4.78 is 0. The van der Waals surface area contributed by atoms with Crippen LogP contribution in [-0.2, 0) is 4.79 Å². The normalized spacial score (nSPS) is 49.8. The maximum absolute atomic E-state index is 12.5. The lowest BCUT2D eigenvalue weighted by Gasteiger charge is -2.69. The summed E-state index contributed by atoms with van der Waals surface area (Å²) in [6.45, 7) is 18.0. The molecule has 3 N–H and O–H groups in total. The fourth-order valence-electron chi connectivity index (χ4n) is 9.45. The largest absolute Gasteiger partial charge is 0.481 e. The van der Waals surface area contributed by atoms with Crippen molar-refractivity contribution in [2.24, 2.45) is 44.3 Å². The van der Waals surface area contributed by atoms with Gasteiger partial charge in [0.2, 0.25) is 0 Å². The van der Waals surface area contributed by atoms with Crippen LogP contribution < -0.4 is 0 Å². The van der Waals surface area contributed by atoms with E-state index in [-0.39, 0.29) is 39.1 Å². The molecule has 0 heterocycles. The summed E-state index contributed by atoms with van der Waals surface area (Å²) in [5.41, 5.74) is 0.599. The topological polar surface area (TPSA) is 77.8 Å². The molecule has 4 heteroatoms. The third-order valence-electron chi connectivity index (χ3n) is 12.1. The lowest BCUT2D eigenvalue weighted by molar-refractivity contribution is -0.215. The number of hydrogen-bond donors (Lipinski definition) is 3. The molecule has 9 atom stereocenters. The standard InChI is InChI=1S/C30H50O4/c1-25(2,3)18-23(32)26(4)15-16-28(6)19(17-26)9-10-20-27(5)13-12-22(31)30(8,24(33)34)21(27)11-14-29(20,28)7/h9,20-23,31-32H,10-18H2,1-8H3,(H,33,34). The SMILES string of the molecule is CC(C)(C)CC(O)C1(C)CCC2(C)C(=CCC3C4(C)CCC(O)C(C)(C(=O)O)C4CCC32C)C1. The predicted molar refractivity (Wildman–Crippen MR) is 136 cm³/mol. The first-order chi connectivity index (χ1) is 15.4. The highest BCUT2D eigenvalue weighted by atomic mass is 16.4. The van der Waals surface area contributed by atoms with Gasteiger partial charge in [-0.05, 0) is 104 Å². The first kappa shape index (κ1) is 26.2. The molecule has 4 nitrogen and oxygen atoms in total. The van der Waals surface area contributed by atoms with Gasteiger partial charge in [-0.1, -0.05) is 60.1 Å². The van der Waals surface area contributed by atoms with Crippen LogP contribution in [0.3, 0.4) is 0 Å². The van der Waals surface area contributed by atoms with Gasteiger partial charge in [-0.2, -0.15) is 0 Å². The molecule has 0 aromatic carbocycles. The van der Waals surface area contributed by atoms with Crippen molar-refractivity contribution in [1.82, 2.24) is 0 Å². The Labute approximate surface area is 207 Å². The van der Waals surface area contributed by atoms with Crippen molar-refractivity contribution in [2.75, 3.05) is 0 Å². The highest BCUT2D eigenvalue weighted by Crippen LogP contribution is 2.73. The first-order valence-corrected chi connectivity index (χ1v) is 13.7. The zero-order valence-electron chi connectivity index (χ0n) is 23.0. The molecule has 0 radical (unpaired) electrons. The van der Waals surface area contributed by atoms with E-state index in [2.05, 4.69) is 54.5 Å². The van der Waals surface area contributed by atoms with E-state index >= 15 is 0 Å². The molecule has 3 fully saturated rings. The Morgan fingerprint density at radius 3 is 2.26 bits per heavy atom. The van der Waals surface area contributed by atoms with Crippen molar-refractivity contribution in [2.45, 2.75) is 125 Å². The van der Waals surface area contributed by atoms with Crippen molar-refractivity contribution >= 4 is 5.97 Å². The van der Waals surface area contributed by atoms with Crippen LogP contribution in [0.5, 0.6) is 0 Å². The maximum Gasteiger partial charge on any atom is 0.312 e. The Balaban J connectivity index is 1.69. The molecule has 4 aliphatic carbocycles. The minimum absolute atomic E-state index is 0.000314. The van der Waals surface area contributed by atoms with Gasteiger partial charge in [0.15, 0.2) is 0 Å². The molecule has 4 rings (SSSR count). The summed E-state index contributed by atoms with van der Waals surface area (Å²) in [5.74, 6) is -0.415. The minimum Gasteiger partial charge on any atom is -0.481 e. The van der Waals surface area contributed by atoms with Gasteiger partial charge in [-0.3, -0.25) is 4.79 Å². The number of hydrogen-bond acceptors (Lipinski definition) is 3. The highest BCUT2D eigenvalue weighted by Gasteiger charge is 2.68. The fraction of sp³-hybridized carbons (Fsp3) is 0.900. The Hall–Kier alpha value is -0.870. The molecule has 0 bridgehead atoms. The van der Waals surface area contributed by atoms with E-state index in [0.717, 1.165) is 51.4 Å². The molecule has 194 valence electrons. The average molecular weight is 475 g/mol. The minimum atomic E-state index is -1.07. The predicted octanol–water partition coefficient (Wildman–Crippen LogP) is 6.59. The van der Waals surface area contributed by atoms with Gasteiger partial charge in [0.1, 0.15) is 0 Å². The summed E-state index contributed by atoms with van der Waals surface area (Å²) in [6.07, 6.45) is 9.70. The van der Waals surface area contributed by atoms with Crippen LogP contribution in [0.4, 0.5) is 0 Å². The van der Waals surface area contributed by atoms with Gasteiger partial charge in [-0.15, -0.1) is 0 Å². The average Bonchev–Trinajstić information content (AvgIpc) is 2.71. The lowest BCUT2D eigenvalue weighted by atomic mass is 9.35. The molecule has 0 aromatic rings. The number of carboxylic acids is 1. The van der Waals surface area contributed by atoms with E-state index in [9.17, 15) is 20.1 Å². The zero-order valence-corrected chi connectivity index (χ0v) is 23.0. The number of carboxylic acid groups (broad SMARTS) is 1. The summed E-state index contributed by atoms with van der Waals surface area (Å²) >= 11 is 0. The number of rotatable bonds is 3. The van der Waals surface area contributed by atoms with E-state index < -0.39 is 17.5 Å². The van der Waals surface area contributed by atoms with Gasteiger partial charge < -0.3 is 15.3 Å². The van der Waals surface area contributed by atoms with Crippen LogP contribution in [0, 0.1) is 44.3 Å². The van der Waals surface area contributed by atoms with E-state index in [0.29, 0.717) is 12.3 Å². The number of fused-ring (bicyclic) bond motifs is 5. The van der Waals surface area contributed by atoms with E-state index in [4.69, 9.17) is 0 Å². The number of aliphatic carboxylic acids is 1. The molecule has 0 saturated heterocycles. The highest BCUT2D eigenvalue weighted by molar-refractivity contribution is 5.76. The number of allylic oxidation sites excluding steroid dienone is 2. The Morgan fingerprint density at radius 2 is 1.68 bits per heavy atom. The molecule has 0 aromatic heterocycles. The van der Waals surface area contributed by atoms with Crippen LogP contribution in [0.2, 0.25) is 0 Å². The van der Waals surface area contributed by atoms with Crippen molar-refractivity contribution in [1.29, 1.82) is 0 Å². The van der Waals surface area contributed by atoms with E-state index in [1.165, 1.54) is 5.57 Å². The molecule has 34 heavy (non-hydrogen) atoms. The summed E-state index contributed by atoms with van der Waals surface area (Å²) in [6, 6.07) is 0. The lowest BCUT2D eigenvalue weighted by Crippen LogP contribution is -2.65. The quantitative estimate of drug-likeness (QED) is 0.403. The second-order valence-corrected chi connectivity index (χ2v) is 15.1. The third-order valence-corrected chi connectivity index (χ3v) is 12.1. The Bertz CT molecular complexity index is 872. The molecule has 0 aliphatic heterocycles. The van der Waals surface area contributed by atoms with Crippen molar-refractivity contribution < 1.29 is 20.1 Å². The molecular formula is C30H50O4. The van der Waals surface area contributed by atoms with Gasteiger partial charge in [0.05, 0.1) is 17.6 Å². The second kappa shape index (κ2) is 7.81. The molecule has 4 aliphatic rings. The van der Waals surface area contributed by atoms with Crippen LogP contribution in [0.25, 0.3) is 0 Å². The van der Waals surface area contributed by atoms with Gasteiger partial charge >= 0.3 is 5.97 Å². The number of aliphatic hydroxyl groups is 2. The summed E-state index contributed by atoms with van der Waals surface area (Å²) in [7, 11) is 0. The van der Waals surface area contributed by atoms with E-state index in [1.807, 2.05) is 0 Å². The smallest absolute Gasteiger partial charge is 0.312 e. The van der Waals surface area contributed by atoms with Gasteiger partial charge in [-0.25, -0.2) is 0 Å². The molecule has 0 spiro atoms. The Morgan fingerprint density at radius 1 is 1.03 bits per heavy atom. The molecule has 3 saturated carbocycles. The zero-order chi connectivity index (χ0) is 25.5. The maximum atomic E-state index is 12.5. The Kier molecular flexibility index (Phi) is 6.02. The van der Waals surface area contributed by atoms with E-state index in [1.54, 1.807) is 6.92 Å². The van der Waals surface area contributed by atoms with Crippen LogP contribution in [-0.4, -0.2) is 33.5 Å². The summed E-state index contributed by atoms with van der Waals surface area (Å²) in [5, 5.41) is 32.3. The van der Waals surface area contributed by atoms with Crippen molar-refractivity contribution in [3.05, 3.63) is 11.6 Å².